The number of unbranched alkanes of at least 4 members (excludes halogenated alkanes) is 6. The van der Waals surface area contributed by atoms with Gasteiger partial charge in [-0.2, -0.15) is 0 Å². The van der Waals surface area contributed by atoms with Crippen LogP contribution in [-0.4, -0.2) is 57.3 Å². The molecule has 2 atom stereocenters. The molecule has 0 N–H and O–H groups in total. The molecule has 0 bridgehead atoms. The summed E-state index contributed by atoms with van der Waals surface area (Å²) in [5, 5.41) is 1.03. The number of halogens is 6. The molecule has 0 radical (unpaired) electrons. The SMILES string of the molecule is CO[Si](C)(CCCCCCOc1ccc2cc(-c3ccccc3OC(F)(F)F)c(=O)oc2c1)O[Si](C)(CCCCCCOc1ccc2cc(-c3ccccc3OC(F)(F)F)c(=O)oc2c1)OC. The molecule has 2 heterocycles. The van der Waals surface area contributed by atoms with Gasteiger partial charge in [0, 0.05) is 48.3 Å². The Hall–Kier alpha value is -5.61. The molecule has 6 aromatic rings. The summed E-state index contributed by atoms with van der Waals surface area (Å²) in [6, 6.07) is 25.3. The minimum Gasteiger partial charge on any atom is -0.493 e. The van der Waals surface area contributed by atoms with Gasteiger partial charge in [0.05, 0.1) is 24.3 Å². The van der Waals surface area contributed by atoms with Gasteiger partial charge in [-0.1, -0.05) is 74.9 Å². The standard InChI is InChI=1S/C48H52F6O11Si2/c1-57-66(3,27-15-7-5-13-25-59-35-23-21-33-29-39(45(55)61-43(33)31-35)37-17-9-11-19-41(37)63-47(49,50)51)65-67(4,58-2)28-16-8-6-14-26-60-36-24-22-34-30-40(46(56)62-44(34)32-36)38-18-10-12-20-42(38)64-48(52,53)54/h9-12,17-24,29-32H,5-8,13-16,25-28H2,1-4H3. The second kappa shape index (κ2) is 22.5. The number of para-hydroxylation sites is 2. The van der Waals surface area contributed by atoms with Crippen molar-refractivity contribution in [2.24, 2.45) is 0 Å². The average molecular weight is 975 g/mol. The summed E-state index contributed by atoms with van der Waals surface area (Å²) in [5.41, 5.74) is -1.30. The van der Waals surface area contributed by atoms with Crippen molar-refractivity contribution in [3.05, 3.63) is 118 Å². The molecule has 0 fully saturated rings. The van der Waals surface area contributed by atoms with Crippen LogP contribution in [0.2, 0.25) is 25.2 Å². The van der Waals surface area contributed by atoms with Crippen LogP contribution in [0.25, 0.3) is 44.2 Å². The zero-order chi connectivity index (χ0) is 48.2. The van der Waals surface area contributed by atoms with Gasteiger partial charge in [0.2, 0.25) is 0 Å². The lowest BCUT2D eigenvalue weighted by atomic mass is 10.0. The number of alkyl halides is 6. The van der Waals surface area contributed by atoms with E-state index in [-0.39, 0.29) is 33.4 Å². The van der Waals surface area contributed by atoms with Gasteiger partial charge >= 0.3 is 41.1 Å². The first-order chi connectivity index (χ1) is 31.9. The normalized spacial score (nSPS) is 13.9. The Bertz CT molecular complexity index is 2520. The molecule has 19 heteroatoms. The van der Waals surface area contributed by atoms with Crippen LogP contribution < -0.4 is 30.2 Å². The van der Waals surface area contributed by atoms with Crippen molar-refractivity contribution in [3.63, 3.8) is 0 Å². The van der Waals surface area contributed by atoms with Gasteiger partial charge in [-0.25, -0.2) is 9.59 Å². The largest absolute Gasteiger partial charge is 0.573 e. The second-order valence-corrected chi connectivity index (χ2v) is 23.4. The van der Waals surface area contributed by atoms with Crippen molar-refractivity contribution in [2.45, 2.75) is 89.3 Å². The summed E-state index contributed by atoms with van der Waals surface area (Å²) >= 11 is 0. The highest BCUT2D eigenvalue weighted by Crippen LogP contribution is 2.36. The van der Waals surface area contributed by atoms with E-state index in [9.17, 15) is 35.9 Å². The Morgan fingerprint density at radius 2 is 0.881 bits per heavy atom. The molecule has 4 aromatic carbocycles. The van der Waals surface area contributed by atoms with E-state index in [1.807, 2.05) is 0 Å². The van der Waals surface area contributed by atoms with E-state index in [2.05, 4.69) is 22.6 Å². The third-order valence-electron chi connectivity index (χ3n) is 11.1. The van der Waals surface area contributed by atoms with Gasteiger partial charge in [-0.15, -0.1) is 26.3 Å². The predicted molar refractivity (Wildman–Crippen MR) is 245 cm³/mol. The minimum atomic E-state index is -4.92. The van der Waals surface area contributed by atoms with E-state index < -0.39 is 52.6 Å². The third kappa shape index (κ3) is 14.7. The molecule has 67 heavy (non-hydrogen) atoms. The van der Waals surface area contributed by atoms with Gasteiger partial charge in [-0.05, 0) is 86.6 Å². The number of benzene rings is 4. The summed E-state index contributed by atoms with van der Waals surface area (Å²) in [6.45, 7) is 5.00. The van der Waals surface area contributed by atoms with Crippen LogP contribution in [0.15, 0.2) is 115 Å². The summed E-state index contributed by atoms with van der Waals surface area (Å²) < 4.78 is 127. The number of hydrogen-bond donors (Lipinski definition) is 0. The number of hydrogen-bond acceptors (Lipinski definition) is 11. The van der Waals surface area contributed by atoms with E-state index in [1.54, 1.807) is 50.6 Å². The number of ether oxygens (including phenoxy) is 4. The number of rotatable bonds is 24. The first-order valence-electron chi connectivity index (χ1n) is 21.8. The highest BCUT2D eigenvalue weighted by Gasteiger charge is 2.41. The van der Waals surface area contributed by atoms with Gasteiger partial charge < -0.3 is 40.7 Å². The molecule has 0 saturated heterocycles. The Morgan fingerprint density at radius 1 is 0.493 bits per heavy atom. The van der Waals surface area contributed by atoms with E-state index in [1.165, 1.54) is 48.5 Å². The Labute approximate surface area is 385 Å². The fourth-order valence-corrected chi connectivity index (χ4v) is 14.9. The zero-order valence-electron chi connectivity index (χ0n) is 37.5. The Kier molecular flexibility index (Phi) is 17.0. The number of fused-ring (bicyclic) bond motifs is 2. The van der Waals surface area contributed by atoms with Crippen molar-refractivity contribution in [1.29, 1.82) is 0 Å². The maximum atomic E-state index is 13.0. The van der Waals surface area contributed by atoms with Crippen LogP contribution in [0.3, 0.4) is 0 Å². The quantitative estimate of drug-likeness (QED) is 0.0249. The Balaban J connectivity index is 0.881. The smallest absolute Gasteiger partial charge is 0.493 e. The van der Waals surface area contributed by atoms with E-state index in [0.717, 1.165) is 75.6 Å². The summed E-state index contributed by atoms with van der Waals surface area (Å²) in [6.07, 6.45) is -2.77. The van der Waals surface area contributed by atoms with Crippen molar-refractivity contribution in [2.75, 3.05) is 27.4 Å². The summed E-state index contributed by atoms with van der Waals surface area (Å²) in [4.78, 5) is 25.7. The fraction of sp³-hybridized carbons (Fsp3) is 0.375. The predicted octanol–water partition coefficient (Wildman–Crippen LogP) is 13.1. The van der Waals surface area contributed by atoms with E-state index >= 15 is 0 Å². The fourth-order valence-electron chi connectivity index (χ4n) is 7.57. The molecule has 2 unspecified atom stereocenters. The van der Waals surface area contributed by atoms with Crippen LogP contribution in [0.1, 0.15) is 51.4 Å². The zero-order valence-corrected chi connectivity index (χ0v) is 39.5. The van der Waals surface area contributed by atoms with Crippen LogP contribution in [-0.2, 0) is 13.0 Å². The highest BCUT2D eigenvalue weighted by molar-refractivity contribution is 6.80. The van der Waals surface area contributed by atoms with Gasteiger partial charge in [0.1, 0.15) is 34.2 Å². The van der Waals surface area contributed by atoms with Crippen LogP contribution in [0, 0.1) is 0 Å². The van der Waals surface area contributed by atoms with Crippen molar-refractivity contribution in [3.8, 4) is 45.3 Å². The minimum absolute atomic E-state index is 0.0322. The molecular weight excluding hydrogens is 923 g/mol. The molecule has 0 amide bonds. The van der Waals surface area contributed by atoms with Gasteiger partial charge in [0.25, 0.3) is 0 Å². The second-order valence-electron chi connectivity index (χ2n) is 16.2. The van der Waals surface area contributed by atoms with Crippen LogP contribution >= 0.6 is 0 Å². The van der Waals surface area contributed by atoms with Crippen molar-refractivity contribution >= 4 is 39.1 Å². The van der Waals surface area contributed by atoms with Gasteiger partial charge in [-0.3, -0.25) is 0 Å². The monoisotopic (exact) mass is 974 g/mol. The molecule has 0 aliphatic heterocycles. The maximum Gasteiger partial charge on any atom is 0.573 e. The van der Waals surface area contributed by atoms with Crippen molar-refractivity contribution in [1.82, 2.24) is 0 Å². The topological polar surface area (TPSA) is 125 Å². The maximum absolute atomic E-state index is 13.0. The molecule has 0 aliphatic carbocycles. The van der Waals surface area contributed by atoms with E-state index in [0.29, 0.717) is 35.5 Å². The molecule has 0 saturated carbocycles. The molecule has 0 aliphatic rings. The first-order valence-corrected chi connectivity index (χ1v) is 26.8. The Morgan fingerprint density at radius 3 is 1.27 bits per heavy atom. The highest BCUT2D eigenvalue weighted by atomic mass is 28.5. The average Bonchev–Trinajstić information content (AvgIpc) is 3.27. The lowest BCUT2D eigenvalue weighted by molar-refractivity contribution is -0.275. The molecule has 11 nitrogen and oxygen atoms in total. The van der Waals surface area contributed by atoms with Crippen molar-refractivity contribution < 1.29 is 67.1 Å². The lowest BCUT2D eigenvalue weighted by Gasteiger charge is -2.35. The molecular formula is C48H52F6O11Si2. The molecule has 2 aromatic heterocycles. The van der Waals surface area contributed by atoms with Crippen LogP contribution in [0.5, 0.6) is 23.0 Å². The van der Waals surface area contributed by atoms with E-state index in [4.69, 9.17) is 31.3 Å². The summed E-state index contributed by atoms with van der Waals surface area (Å²) in [5.74, 6) is 0.000263. The third-order valence-corrected chi connectivity index (χ3v) is 18.8. The summed E-state index contributed by atoms with van der Waals surface area (Å²) in [7, 11) is -1.67. The molecule has 0 spiro atoms. The molecule has 360 valence electrons. The van der Waals surface area contributed by atoms with Gasteiger partial charge in [0.15, 0.2) is 0 Å². The molecule has 6 rings (SSSR count). The lowest BCUT2D eigenvalue weighted by Crippen LogP contribution is -2.51. The first kappa shape index (κ1) is 50.8. The van der Waals surface area contributed by atoms with Crippen LogP contribution in [0.4, 0.5) is 26.3 Å².